The van der Waals surface area contributed by atoms with Crippen molar-refractivity contribution in [2.24, 2.45) is 0 Å². The van der Waals surface area contributed by atoms with Crippen LogP contribution < -0.4 is 5.32 Å². The first kappa shape index (κ1) is 16.1. The van der Waals surface area contributed by atoms with E-state index < -0.39 is 5.97 Å². The van der Waals surface area contributed by atoms with Crippen LogP contribution in [0, 0.1) is 20.8 Å². The molecule has 0 spiro atoms. The van der Waals surface area contributed by atoms with Crippen LogP contribution in [0.2, 0.25) is 0 Å². The molecule has 0 aliphatic rings. The Kier molecular flexibility index (Phi) is 4.85. The number of fused-ring (bicyclic) bond motifs is 1. The minimum atomic E-state index is -0.814. The van der Waals surface area contributed by atoms with E-state index in [1.54, 1.807) is 0 Å². The summed E-state index contributed by atoms with van der Waals surface area (Å²) in [5, 5.41) is 12.4. The van der Waals surface area contributed by atoms with Gasteiger partial charge in [-0.1, -0.05) is 12.1 Å². The molecule has 0 aliphatic heterocycles. The van der Waals surface area contributed by atoms with Gasteiger partial charge in [0, 0.05) is 23.9 Å². The average molecular weight is 303 g/mol. The number of carbonyl (C=O) groups is 2. The summed E-state index contributed by atoms with van der Waals surface area (Å²) >= 11 is 0. The van der Waals surface area contributed by atoms with E-state index in [2.05, 4.69) is 5.32 Å². The van der Waals surface area contributed by atoms with E-state index in [1.165, 1.54) is 0 Å². The summed E-state index contributed by atoms with van der Waals surface area (Å²) in [5.74, 6) is -0.723. The van der Waals surface area contributed by atoms with E-state index in [4.69, 9.17) is 9.52 Å². The number of hydrogen-bond donors (Lipinski definition) is 2. The number of amides is 1. The van der Waals surface area contributed by atoms with Gasteiger partial charge in [-0.3, -0.25) is 9.59 Å². The van der Waals surface area contributed by atoms with Gasteiger partial charge in [-0.15, -0.1) is 0 Å². The summed E-state index contributed by atoms with van der Waals surface area (Å²) in [5.41, 5.74) is 3.69. The van der Waals surface area contributed by atoms with E-state index in [9.17, 15) is 9.59 Å². The number of nitrogens with one attached hydrogen (secondary N) is 1. The number of carbonyl (C=O) groups excluding carboxylic acids is 1. The first-order valence-corrected chi connectivity index (χ1v) is 7.41. The van der Waals surface area contributed by atoms with Gasteiger partial charge in [-0.25, -0.2) is 0 Å². The molecule has 1 aromatic carbocycles. The second-order valence-electron chi connectivity index (χ2n) is 5.57. The van der Waals surface area contributed by atoms with Crippen molar-refractivity contribution < 1.29 is 19.1 Å². The lowest BCUT2D eigenvalue weighted by Crippen LogP contribution is -2.24. The van der Waals surface area contributed by atoms with Crippen LogP contribution in [0.15, 0.2) is 16.5 Å². The predicted octanol–water partition coefficient (Wildman–Crippen LogP) is 3.34. The van der Waals surface area contributed by atoms with Crippen LogP contribution in [0.5, 0.6) is 0 Å². The second-order valence-corrected chi connectivity index (χ2v) is 5.57. The van der Waals surface area contributed by atoms with E-state index in [0.29, 0.717) is 25.1 Å². The summed E-state index contributed by atoms with van der Waals surface area (Å²) in [6.45, 7) is 6.29. The molecular weight excluding hydrogens is 282 g/mol. The zero-order chi connectivity index (χ0) is 16.3. The average Bonchev–Trinajstić information content (AvgIpc) is 2.81. The zero-order valence-corrected chi connectivity index (χ0v) is 13.2. The molecule has 22 heavy (non-hydrogen) atoms. The van der Waals surface area contributed by atoms with E-state index in [-0.39, 0.29) is 12.3 Å². The van der Waals surface area contributed by atoms with Crippen molar-refractivity contribution in [2.45, 2.75) is 40.0 Å². The largest absolute Gasteiger partial charge is 0.481 e. The normalized spacial score (nSPS) is 10.9. The number of carboxylic acid groups (broad SMARTS) is 1. The number of aryl methyl sites for hydroxylation is 3. The maximum Gasteiger partial charge on any atom is 0.303 e. The molecule has 0 unspecified atom stereocenters. The van der Waals surface area contributed by atoms with Gasteiger partial charge in [0.05, 0.1) is 0 Å². The maximum atomic E-state index is 12.2. The van der Waals surface area contributed by atoms with Crippen LogP contribution in [0.4, 0.5) is 0 Å². The molecule has 2 rings (SSSR count). The molecule has 2 aromatic rings. The SMILES string of the molecule is Cc1ccc(C)c2c(C)c(C(=O)NCCCCC(=O)O)oc12. The third-order valence-electron chi connectivity index (χ3n) is 3.79. The van der Waals surface area contributed by atoms with Gasteiger partial charge in [0.2, 0.25) is 0 Å². The summed E-state index contributed by atoms with van der Waals surface area (Å²) < 4.78 is 5.76. The molecule has 0 saturated carbocycles. The number of unbranched alkanes of at least 4 members (excludes halogenated alkanes) is 1. The summed E-state index contributed by atoms with van der Waals surface area (Å²) in [4.78, 5) is 22.7. The van der Waals surface area contributed by atoms with Gasteiger partial charge >= 0.3 is 5.97 Å². The molecule has 0 bridgehead atoms. The van der Waals surface area contributed by atoms with Crippen LogP contribution in [0.3, 0.4) is 0 Å². The molecule has 0 saturated heterocycles. The van der Waals surface area contributed by atoms with E-state index in [1.807, 2.05) is 32.9 Å². The summed E-state index contributed by atoms with van der Waals surface area (Å²) in [6.07, 6.45) is 1.31. The van der Waals surface area contributed by atoms with E-state index in [0.717, 1.165) is 27.7 Å². The first-order chi connectivity index (χ1) is 10.4. The molecule has 5 nitrogen and oxygen atoms in total. The van der Waals surface area contributed by atoms with Crippen molar-refractivity contribution in [3.05, 3.63) is 34.6 Å². The van der Waals surface area contributed by atoms with Crippen LogP contribution in [-0.2, 0) is 4.79 Å². The highest BCUT2D eigenvalue weighted by atomic mass is 16.4. The molecule has 2 N–H and O–H groups in total. The zero-order valence-electron chi connectivity index (χ0n) is 13.2. The quantitative estimate of drug-likeness (QED) is 0.802. The molecule has 0 aliphatic carbocycles. The highest BCUT2D eigenvalue weighted by molar-refractivity contribution is 6.00. The Morgan fingerprint density at radius 1 is 1.14 bits per heavy atom. The van der Waals surface area contributed by atoms with Gasteiger partial charge in [-0.2, -0.15) is 0 Å². The Hall–Kier alpha value is -2.30. The van der Waals surface area contributed by atoms with Gasteiger partial charge in [0.25, 0.3) is 5.91 Å². The molecule has 118 valence electrons. The van der Waals surface area contributed by atoms with Crippen molar-refractivity contribution in [1.82, 2.24) is 5.32 Å². The van der Waals surface area contributed by atoms with Crippen LogP contribution in [0.25, 0.3) is 11.0 Å². The fourth-order valence-corrected chi connectivity index (χ4v) is 2.58. The topological polar surface area (TPSA) is 79.5 Å². The Bertz CT molecular complexity index is 715. The van der Waals surface area contributed by atoms with Crippen LogP contribution in [-0.4, -0.2) is 23.5 Å². The van der Waals surface area contributed by atoms with Crippen molar-refractivity contribution in [2.75, 3.05) is 6.54 Å². The van der Waals surface area contributed by atoms with Gasteiger partial charge in [0.15, 0.2) is 5.76 Å². The third-order valence-corrected chi connectivity index (χ3v) is 3.79. The van der Waals surface area contributed by atoms with Crippen molar-refractivity contribution in [3.63, 3.8) is 0 Å². The lowest BCUT2D eigenvalue weighted by atomic mass is 10.0. The fraction of sp³-hybridized carbons (Fsp3) is 0.412. The second kappa shape index (κ2) is 6.64. The van der Waals surface area contributed by atoms with Crippen molar-refractivity contribution in [3.8, 4) is 0 Å². The lowest BCUT2D eigenvalue weighted by molar-refractivity contribution is -0.137. The van der Waals surface area contributed by atoms with Gasteiger partial charge in [0.1, 0.15) is 5.58 Å². The predicted molar refractivity (Wildman–Crippen MR) is 84.2 cm³/mol. The number of hydrogen-bond acceptors (Lipinski definition) is 3. The Morgan fingerprint density at radius 3 is 2.45 bits per heavy atom. The smallest absolute Gasteiger partial charge is 0.303 e. The molecule has 1 aromatic heterocycles. The first-order valence-electron chi connectivity index (χ1n) is 7.41. The maximum absolute atomic E-state index is 12.2. The molecular formula is C17H21NO4. The van der Waals surface area contributed by atoms with Gasteiger partial charge < -0.3 is 14.8 Å². The standard InChI is InChI=1S/C17H21NO4/c1-10-7-8-11(2)15-14(10)12(3)16(22-15)17(21)18-9-5-4-6-13(19)20/h7-8H,4-6,9H2,1-3H3,(H,18,21)(H,19,20). The molecule has 5 heteroatoms. The highest BCUT2D eigenvalue weighted by Crippen LogP contribution is 2.30. The molecule has 0 atom stereocenters. The van der Waals surface area contributed by atoms with Crippen molar-refractivity contribution in [1.29, 1.82) is 0 Å². The fourth-order valence-electron chi connectivity index (χ4n) is 2.58. The van der Waals surface area contributed by atoms with Crippen molar-refractivity contribution >= 4 is 22.8 Å². The Morgan fingerprint density at radius 2 is 1.82 bits per heavy atom. The molecule has 1 amide bonds. The van der Waals surface area contributed by atoms with Crippen LogP contribution >= 0.6 is 0 Å². The molecule has 0 fully saturated rings. The monoisotopic (exact) mass is 303 g/mol. The number of furan rings is 1. The summed E-state index contributed by atoms with van der Waals surface area (Å²) in [7, 11) is 0. The highest BCUT2D eigenvalue weighted by Gasteiger charge is 2.19. The number of carboxylic acids is 1. The molecule has 1 heterocycles. The Labute approximate surface area is 129 Å². The molecule has 0 radical (unpaired) electrons. The minimum Gasteiger partial charge on any atom is -0.481 e. The van der Waals surface area contributed by atoms with Gasteiger partial charge in [-0.05, 0) is 44.7 Å². The number of benzene rings is 1. The third kappa shape index (κ3) is 3.30. The summed E-state index contributed by atoms with van der Waals surface area (Å²) in [6, 6.07) is 4.00. The van der Waals surface area contributed by atoms with Crippen LogP contribution in [0.1, 0.15) is 46.5 Å². The van der Waals surface area contributed by atoms with E-state index >= 15 is 0 Å². The Balaban J connectivity index is 2.09. The minimum absolute atomic E-state index is 0.123. The lowest BCUT2D eigenvalue weighted by Gasteiger charge is -2.03. The number of aliphatic carboxylic acids is 1. The number of rotatable bonds is 6.